The average molecular weight is 345 g/mol. The number of rotatable bonds is 2. The molecule has 1 amide bonds. The van der Waals surface area contributed by atoms with Crippen LogP contribution < -0.4 is 4.90 Å². The van der Waals surface area contributed by atoms with Crippen molar-refractivity contribution < 1.29 is 14.3 Å². The van der Waals surface area contributed by atoms with Gasteiger partial charge in [-0.15, -0.1) is 0 Å². The van der Waals surface area contributed by atoms with Crippen LogP contribution in [0.4, 0.5) is 5.69 Å². The number of halogens is 1. The van der Waals surface area contributed by atoms with Gasteiger partial charge in [0.25, 0.3) is 0 Å². The molecule has 1 atom stereocenters. The predicted molar refractivity (Wildman–Crippen MR) is 71.6 cm³/mol. The van der Waals surface area contributed by atoms with E-state index in [2.05, 4.69) is 27.3 Å². The fourth-order valence-electron chi connectivity index (χ4n) is 1.93. The number of hydrogen-bond acceptors (Lipinski definition) is 3. The Balaban J connectivity index is 2.18. The molecule has 0 spiro atoms. The summed E-state index contributed by atoms with van der Waals surface area (Å²) >= 11 is 2.20. The van der Waals surface area contributed by atoms with Crippen LogP contribution in [-0.2, 0) is 14.3 Å². The average Bonchev–Trinajstić information content (AvgIpc) is 2.70. The van der Waals surface area contributed by atoms with Crippen molar-refractivity contribution in [2.24, 2.45) is 5.92 Å². The topological polar surface area (TPSA) is 46.6 Å². The second kappa shape index (κ2) is 5.03. The number of hydrogen-bond donors (Lipinski definition) is 0. The third kappa shape index (κ3) is 2.59. The highest BCUT2D eigenvalue weighted by atomic mass is 127. The number of nitrogens with zero attached hydrogens (tertiary/aromatic N) is 1. The summed E-state index contributed by atoms with van der Waals surface area (Å²) in [7, 11) is 1.35. The largest absolute Gasteiger partial charge is 0.469 e. The lowest BCUT2D eigenvalue weighted by atomic mass is 10.1. The molecule has 90 valence electrons. The maximum absolute atomic E-state index is 11.8. The summed E-state index contributed by atoms with van der Waals surface area (Å²) in [4.78, 5) is 24.9. The first-order valence-corrected chi connectivity index (χ1v) is 6.33. The maximum atomic E-state index is 11.8. The van der Waals surface area contributed by atoms with Crippen molar-refractivity contribution in [3.8, 4) is 0 Å². The van der Waals surface area contributed by atoms with E-state index in [9.17, 15) is 9.59 Å². The van der Waals surface area contributed by atoms with Gasteiger partial charge in [-0.05, 0) is 40.8 Å². The third-order valence-corrected chi connectivity index (χ3v) is 3.45. The van der Waals surface area contributed by atoms with Gasteiger partial charge in [-0.3, -0.25) is 9.59 Å². The van der Waals surface area contributed by atoms with E-state index in [1.807, 2.05) is 24.3 Å². The van der Waals surface area contributed by atoms with E-state index in [0.29, 0.717) is 6.54 Å². The molecular weight excluding hydrogens is 333 g/mol. The molecule has 0 saturated carbocycles. The SMILES string of the molecule is COC(=O)[C@@H]1CC(=O)N(c2cccc(I)c2)C1. The maximum Gasteiger partial charge on any atom is 0.311 e. The molecule has 0 N–H and O–H groups in total. The summed E-state index contributed by atoms with van der Waals surface area (Å²) < 4.78 is 5.74. The van der Waals surface area contributed by atoms with E-state index in [1.165, 1.54) is 7.11 Å². The van der Waals surface area contributed by atoms with Gasteiger partial charge in [-0.2, -0.15) is 0 Å². The monoisotopic (exact) mass is 345 g/mol. The second-order valence-corrected chi connectivity index (χ2v) is 5.15. The molecule has 1 heterocycles. The smallest absolute Gasteiger partial charge is 0.311 e. The Morgan fingerprint density at radius 1 is 1.53 bits per heavy atom. The Morgan fingerprint density at radius 3 is 2.94 bits per heavy atom. The molecule has 0 radical (unpaired) electrons. The first kappa shape index (κ1) is 12.3. The molecule has 1 aliphatic rings. The Hall–Kier alpha value is -1.11. The lowest BCUT2D eigenvalue weighted by molar-refractivity contribution is -0.145. The molecule has 0 aromatic heterocycles. The van der Waals surface area contributed by atoms with Gasteiger partial charge < -0.3 is 9.64 Å². The summed E-state index contributed by atoms with van der Waals surface area (Å²) in [5.41, 5.74) is 0.841. The molecule has 1 aromatic rings. The molecule has 2 rings (SSSR count). The second-order valence-electron chi connectivity index (χ2n) is 3.91. The van der Waals surface area contributed by atoms with E-state index in [-0.39, 0.29) is 24.2 Å². The summed E-state index contributed by atoms with van der Waals surface area (Å²) in [6.07, 6.45) is 0.234. The van der Waals surface area contributed by atoms with Gasteiger partial charge in [0, 0.05) is 22.2 Å². The van der Waals surface area contributed by atoms with Crippen molar-refractivity contribution in [3.63, 3.8) is 0 Å². The number of anilines is 1. The highest BCUT2D eigenvalue weighted by molar-refractivity contribution is 14.1. The molecular formula is C12H12INO3. The Bertz CT molecular complexity index is 461. The minimum atomic E-state index is -0.342. The van der Waals surface area contributed by atoms with Crippen molar-refractivity contribution in [1.29, 1.82) is 0 Å². The van der Waals surface area contributed by atoms with Crippen LogP contribution in [0, 0.1) is 9.49 Å². The molecule has 1 aromatic carbocycles. The summed E-state index contributed by atoms with van der Waals surface area (Å²) in [5.74, 6) is -0.681. The highest BCUT2D eigenvalue weighted by Gasteiger charge is 2.35. The van der Waals surface area contributed by atoms with Crippen molar-refractivity contribution >= 4 is 40.2 Å². The minimum absolute atomic E-state index is 0.0256. The zero-order valence-electron chi connectivity index (χ0n) is 9.35. The van der Waals surface area contributed by atoms with Gasteiger partial charge in [0.05, 0.1) is 13.0 Å². The molecule has 17 heavy (non-hydrogen) atoms. The quantitative estimate of drug-likeness (QED) is 0.607. The number of benzene rings is 1. The number of carbonyl (C=O) groups is 2. The van der Waals surface area contributed by atoms with Crippen LogP contribution in [0.1, 0.15) is 6.42 Å². The first-order valence-electron chi connectivity index (χ1n) is 5.25. The lowest BCUT2D eigenvalue weighted by Crippen LogP contribution is -2.26. The van der Waals surface area contributed by atoms with Gasteiger partial charge in [-0.25, -0.2) is 0 Å². The Morgan fingerprint density at radius 2 is 2.29 bits per heavy atom. The zero-order chi connectivity index (χ0) is 12.4. The number of ether oxygens (including phenoxy) is 1. The standard InChI is InChI=1S/C12H12INO3/c1-17-12(16)8-5-11(15)14(7-8)10-4-2-3-9(13)6-10/h2-4,6,8H,5,7H2,1H3/t8-/m1/s1. The van der Waals surface area contributed by atoms with Crippen LogP contribution in [0.5, 0.6) is 0 Å². The van der Waals surface area contributed by atoms with E-state index in [1.54, 1.807) is 4.90 Å². The van der Waals surface area contributed by atoms with Gasteiger partial charge in [0.2, 0.25) is 5.91 Å². The fraction of sp³-hybridized carbons (Fsp3) is 0.333. The van der Waals surface area contributed by atoms with Crippen LogP contribution in [0.2, 0.25) is 0 Å². The van der Waals surface area contributed by atoms with Crippen molar-refractivity contribution in [2.45, 2.75) is 6.42 Å². The van der Waals surface area contributed by atoms with Crippen LogP contribution in [0.3, 0.4) is 0 Å². The molecule has 4 nitrogen and oxygen atoms in total. The van der Waals surface area contributed by atoms with Crippen LogP contribution in [0.25, 0.3) is 0 Å². The molecule has 5 heteroatoms. The van der Waals surface area contributed by atoms with E-state index >= 15 is 0 Å². The van der Waals surface area contributed by atoms with E-state index in [0.717, 1.165) is 9.26 Å². The Labute approximate surface area is 113 Å². The molecule has 0 bridgehead atoms. The number of carbonyl (C=O) groups excluding carboxylic acids is 2. The van der Waals surface area contributed by atoms with Crippen LogP contribution in [-0.4, -0.2) is 25.5 Å². The molecule has 0 unspecified atom stereocenters. The first-order chi connectivity index (χ1) is 8.11. The summed E-state index contributed by atoms with van der Waals surface area (Å²) in [5, 5.41) is 0. The van der Waals surface area contributed by atoms with Gasteiger partial charge >= 0.3 is 5.97 Å². The highest BCUT2D eigenvalue weighted by Crippen LogP contribution is 2.26. The normalized spacial score (nSPS) is 19.5. The van der Waals surface area contributed by atoms with Crippen molar-refractivity contribution in [1.82, 2.24) is 0 Å². The number of methoxy groups -OCH3 is 1. The number of amides is 1. The summed E-state index contributed by atoms with van der Waals surface area (Å²) in [6.45, 7) is 0.408. The Kier molecular flexibility index (Phi) is 3.66. The van der Waals surface area contributed by atoms with Gasteiger partial charge in [0.1, 0.15) is 0 Å². The lowest BCUT2D eigenvalue weighted by Gasteiger charge is -2.16. The molecule has 1 saturated heterocycles. The zero-order valence-corrected chi connectivity index (χ0v) is 11.5. The third-order valence-electron chi connectivity index (χ3n) is 2.78. The molecule has 1 fully saturated rings. The fourth-order valence-corrected chi connectivity index (χ4v) is 2.45. The minimum Gasteiger partial charge on any atom is -0.469 e. The van der Waals surface area contributed by atoms with Crippen molar-refractivity contribution in [2.75, 3.05) is 18.6 Å². The van der Waals surface area contributed by atoms with E-state index in [4.69, 9.17) is 0 Å². The van der Waals surface area contributed by atoms with Gasteiger partial charge in [0.15, 0.2) is 0 Å². The number of esters is 1. The predicted octanol–water partition coefficient (Wildman–Crippen LogP) is 1.82. The summed E-state index contributed by atoms with van der Waals surface area (Å²) in [6, 6.07) is 7.66. The van der Waals surface area contributed by atoms with Crippen molar-refractivity contribution in [3.05, 3.63) is 27.8 Å². The molecule has 1 aliphatic heterocycles. The van der Waals surface area contributed by atoms with Crippen LogP contribution in [0.15, 0.2) is 24.3 Å². The van der Waals surface area contributed by atoms with E-state index < -0.39 is 0 Å². The van der Waals surface area contributed by atoms with Crippen LogP contribution >= 0.6 is 22.6 Å². The molecule has 0 aliphatic carbocycles. The van der Waals surface area contributed by atoms with Gasteiger partial charge in [-0.1, -0.05) is 6.07 Å².